The Morgan fingerprint density at radius 1 is 1.45 bits per heavy atom. The van der Waals surface area contributed by atoms with E-state index in [9.17, 15) is 9.59 Å². The second kappa shape index (κ2) is 5.67. The Morgan fingerprint density at radius 3 is 2.55 bits per heavy atom. The number of carbonyl (C=O) groups is 2. The van der Waals surface area contributed by atoms with Gasteiger partial charge in [-0.05, 0) is 0 Å². The number of azo groups is 1. The SMILES string of the molecule is CN=NC(=O)CC(=O)COC. The fourth-order valence-corrected chi connectivity index (χ4v) is 0.528. The van der Waals surface area contributed by atoms with Crippen LogP contribution in [-0.4, -0.2) is 32.5 Å². The standard InChI is InChI=1S/C6H10N2O3/c1-7-8-6(10)3-5(9)4-11-2/h3-4H2,1-2H3. The normalized spacial score (nSPS) is 10.4. The van der Waals surface area contributed by atoms with Gasteiger partial charge in [-0.15, -0.1) is 5.11 Å². The third-order valence-corrected chi connectivity index (χ3v) is 0.865. The third kappa shape index (κ3) is 5.35. The van der Waals surface area contributed by atoms with Gasteiger partial charge in [0.25, 0.3) is 5.91 Å². The molecule has 0 aromatic rings. The predicted octanol–water partition coefficient (Wildman–Crippen LogP) is 0.201. The van der Waals surface area contributed by atoms with Gasteiger partial charge in [-0.1, -0.05) is 0 Å². The second-order valence-corrected chi connectivity index (χ2v) is 1.84. The summed E-state index contributed by atoms with van der Waals surface area (Å²) in [6.45, 7) is -0.0506. The molecule has 5 heteroatoms. The number of ether oxygens (including phenoxy) is 1. The summed E-state index contributed by atoms with van der Waals surface area (Å²) in [5.74, 6) is -0.820. The van der Waals surface area contributed by atoms with Crippen LogP contribution in [-0.2, 0) is 14.3 Å². The van der Waals surface area contributed by atoms with E-state index < -0.39 is 5.91 Å². The van der Waals surface area contributed by atoms with Crippen LogP contribution in [0.3, 0.4) is 0 Å². The average molecular weight is 158 g/mol. The molecule has 0 aromatic carbocycles. The molecule has 0 aliphatic heterocycles. The molecular weight excluding hydrogens is 148 g/mol. The maximum atomic E-state index is 10.7. The van der Waals surface area contributed by atoms with E-state index in [4.69, 9.17) is 0 Å². The zero-order valence-corrected chi connectivity index (χ0v) is 6.53. The number of ketones is 1. The van der Waals surface area contributed by atoms with Gasteiger partial charge < -0.3 is 4.74 Å². The molecule has 0 atom stereocenters. The minimum absolute atomic E-state index is 0.0506. The van der Waals surface area contributed by atoms with Gasteiger partial charge in [0.05, 0.1) is 6.42 Å². The molecule has 1 amide bonds. The van der Waals surface area contributed by atoms with E-state index in [0.717, 1.165) is 0 Å². The highest BCUT2D eigenvalue weighted by molar-refractivity contribution is 5.98. The van der Waals surface area contributed by atoms with Gasteiger partial charge in [-0.25, -0.2) is 0 Å². The van der Waals surface area contributed by atoms with Gasteiger partial charge in [-0.2, -0.15) is 5.11 Å². The molecule has 11 heavy (non-hydrogen) atoms. The summed E-state index contributed by atoms with van der Waals surface area (Å²) in [5.41, 5.74) is 0. The van der Waals surface area contributed by atoms with Crippen molar-refractivity contribution < 1.29 is 14.3 Å². The zero-order chi connectivity index (χ0) is 8.69. The lowest BCUT2D eigenvalue weighted by molar-refractivity contribution is -0.128. The lowest BCUT2D eigenvalue weighted by atomic mass is 10.3. The highest BCUT2D eigenvalue weighted by Crippen LogP contribution is 1.88. The Kier molecular flexibility index (Phi) is 5.10. The summed E-state index contributed by atoms with van der Waals surface area (Å²) in [6.07, 6.45) is -0.231. The lowest BCUT2D eigenvalue weighted by Crippen LogP contribution is -2.10. The zero-order valence-electron chi connectivity index (χ0n) is 6.53. The van der Waals surface area contributed by atoms with Crippen molar-refractivity contribution in [2.24, 2.45) is 10.2 Å². The summed E-state index contributed by atoms with van der Waals surface area (Å²) in [6, 6.07) is 0. The fourth-order valence-electron chi connectivity index (χ4n) is 0.528. The van der Waals surface area contributed by atoms with E-state index in [1.54, 1.807) is 0 Å². The number of nitrogens with zero attached hydrogens (tertiary/aromatic N) is 2. The van der Waals surface area contributed by atoms with Crippen LogP contribution >= 0.6 is 0 Å². The summed E-state index contributed by atoms with van der Waals surface area (Å²) in [4.78, 5) is 21.3. The maximum absolute atomic E-state index is 10.7. The van der Waals surface area contributed by atoms with Gasteiger partial charge in [0.2, 0.25) is 0 Å². The van der Waals surface area contributed by atoms with Crippen molar-refractivity contribution in [2.75, 3.05) is 20.8 Å². The number of hydrogen-bond donors (Lipinski definition) is 0. The predicted molar refractivity (Wildman–Crippen MR) is 37.3 cm³/mol. The molecule has 0 aromatic heterocycles. The largest absolute Gasteiger partial charge is 0.377 e. The summed E-state index contributed by atoms with van der Waals surface area (Å²) >= 11 is 0. The molecule has 0 aliphatic rings. The van der Waals surface area contributed by atoms with Crippen molar-refractivity contribution in [3.63, 3.8) is 0 Å². The van der Waals surface area contributed by atoms with Crippen molar-refractivity contribution in [2.45, 2.75) is 6.42 Å². The van der Waals surface area contributed by atoms with Gasteiger partial charge in [0, 0.05) is 14.2 Å². The monoisotopic (exact) mass is 158 g/mol. The number of Topliss-reactive ketones (excluding diaryl/α,β-unsaturated/α-hetero) is 1. The number of methoxy groups -OCH3 is 1. The van der Waals surface area contributed by atoms with Crippen molar-refractivity contribution in [1.82, 2.24) is 0 Å². The van der Waals surface area contributed by atoms with Gasteiger partial charge in [0.1, 0.15) is 6.61 Å². The van der Waals surface area contributed by atoms with Crippen molar-refractivity contribution in [3.8, 4) is 0 Å². The quantitative estimate of drug-likeness (QED) is 0.433. The van der Waals surface area contributed by atoms with Gasteiger partial charge in [-0.3, -0.25) is 9.59 Å². The molecule has 0 fully saturated rings. The van der Waals surface area contributed by atoms with E-state index in [2.05, 4.69) is 15.0 Å². The Bertz CT molecular complexity index is 177. The van der Waals surface area contributed by atoms with Crippen LogP contribution in [0.15, 0.2) is 10.2 Å². The highest BCUT2D eigenvalue weighted by atomic mass is 16.5. The maximum Gasteiger partial charge on any atom is 0.271 e. The van der Waals surface area contributed by atoms with Crippen LogP contribution in [0.2, 0.25) is 0 Å². The Morgan fingerprint density at radius 2 is 2.09 bits per heavy atom. The van der Waals surface area contributed by atoms with Crippen LogP contribution < -0.4 is 0 Å². The average Bonchev–Trinajstić information content (AvgIpc) is 1.87. The minimum Gasteiger partial charge on any atom is -0.377 e. The summed E-state index contributed by atoms with van der Waals surface area (Å²) in [7, 11) is 2.77. The first kappa shape index (κ1) is 9.90. The lowest BCUT2D eigenvalue weighted by Gasteiger charge is -1.93. The smallest absolute Gasteiger partial charge is 0.271 e. The molecule has 0 saturated heterocycles. The number of hydrogen-bond acceptors (Lipinski definition) is 4. The topological polar surface area (TPSA) is 68.1 Å². The molecule has 0 radical (unpaired) electrons. The van der Waals surface area contributed by atoms with Gasteiger partial charge in [0.15, 0.2) is 5.78 Å². The van der Waals surface area contributed by atoms with Crippen LogP contribution in [0.4, 0.5) is 0 Å². The molecule has 0 N–H and O–H groups in total. The fraction of sp³-hybridized carbons (Fsp3) is 0.667. The molecule has 0 bridgehead atoms. The van der Waals surface area contributed by atoms with Crippen molar-refractivity contribution in [1.29, 1.82) is 0 Å². The van der Waals surface area contributed by atoms with Crippen LogP contribution in [0, 0.1) is 0 Å². The molecule has 0 unspecified atom stereocenters. The van der Waals surface area contributed by atoms with E-state index in [0.29, 0.717) is 0 Å². The molecule has 0 spiro atoms. The molecule has 0 heterocycles. The Balaban J connectivity index is 3.66. The molecule has 5 nitrogen and oxygen atoms in total. The highest BCUT2D eigenvalue weighted by Gasteiger charge is 2.07. The number of amides is 1. The summed E-state index contributed by atoms with van der Waals surface area (Å²) < 4.78 is 4.51. The summed E-state index contributed by atoms with van der Waals surface area (Å²) in [5, 5.41) is 6.39. The second-order valence-electron chi connectivity index (χ2n) is 1.84. The van der Waals surface area contributed by atoms with Gasteiger partial charge >= 0.3 is 0 Å². The van der Waals surface area contributed by atoms with Crippen molar-refractivity contribution in [3.05, 3.63) is 0 Å². The first-order valence-corrected chi connectivity index (χ1v) is 3.04. The number of carbonyl (C=O) groups excluding carboxylic acids is 2. The molecule has 0 aliphatic carbocycles. The minimum atomic E-state index is -0.533. The molecule has 0 saturated carbocycles. The third-order valence-electron chi connectivity index (χ3n) is 0.865. The van der Waals surface area contributed by atoms with Crippen LogP contribution in [0.5, 0.6) is 0 Å². The first-order valence-electron chi connectivity index (χ1n) is 3.04. The molecule has 0 rings (SSSR count). The van der Waals surface area contributed by atoms with E-state index in [1.165, 1.54) is 14.2 Å². The Labute approximate surface area is 64.4 Å². The number of rotatable bonds is 4. The van der Waals surface area contributed by atoms with E-state index >= 15 is 0 Å². The molecule has 62 valence electrons. The van der Waals surface area contributed by atoms with Crippen LogP contribution in [0.25, 0.3) is 0 Å². The van der Waals surface area contributed by atoms with E-state index in [-0.39, 0.29) is 18.8 Å². The molecular formula is C6H10N2O3. The van der Waals surface area contributed by atoms with Crippen molar-refractivity contribution >= 4 is 11.7 Å². The van der Waals surface area contributed by atoms with Crippen LogP contribution in [0.1, 0.15) is 6.42 Å². The Hall–Kier alpha value is -1.10. The van der Waals surface area contributed by atoms with E-state index in [1.807, 2.05) is 0 Å². The first-order chi connectivity index (χ1) is 5.20.